The van der Waals surface area contributed by atoms with Gasteiger partial charge < -0.3 is 4.74 Å². The van der Waals surface area contributed by atoms with Crippen molar-refractivity contribution in [3.8, 4) is 11.6 Å². The SMILES string of the molecule is Fc1ccccc1Oc1ncc(Br)cc1Cl. The third-order valence-corrected chi connectivity index (χ3v) is 2.52. The van der Waals surface area contributed by atoms with Crippen LogP contribution in [0, 0.1) is 5.82 Å². The van der Waals surface area contributed by atoms with Crippen LogP contribution < -0.4 is 4.74 Å². The van der Waals surface area contributed by atoms with Gasteiger partial charge in [0.25, 0.3) is 0 Å². The van der Waals surface area contributed by atoms with Crippen LogP contribution >= 0.6 is 27.5 Å². The standard InChI is InChI=1S/C11H6BrClFNO/c12-7-5-8(13)11(15-6-7)16-10-4-2-1-3-9(10)14/h1-6H. The Kier molecular flexibility index (Phi) is 3.41. The summed E-state index contributed by atoms with van der Waals surface area (Å²) >= 11 is 9.11. The first kappa shape index (κ1) is 11.4. The molecule has 0 saturated heterocycles. The van der Waals surface area contributed by atoms with Gasteiger partial charge in [-0.2, -0.15) is 0 Å². The molecule has 0 aliphatic heterocycles. The van der Waals surface area contributed by atoms with Crippen LogP contribution in [0.5, 0.6) is 11.6 Å². The summed E-state index contributed by atoms with van der Waals surface area (Å²) in [7, 11) is 0. The Bertz CT molecular complexity index is 521. The Morgan fingerprint density at radius 3 is 2.75 bits per heavy atom. The van der Waals surface area contributed by atoms with E-state index in [1.165, 1.54) is 18.3 Å². The molecular weight excluding hydrogens is 296 g/mol. The van der Waals surface area contributed by atoms with Crippen molar-refractivity contribution in [3.05, 3.63) is 51.8 Å². The summed E-state index contributed by atoms with van der Waals surface area (Å²) in [6.45, 7) is 0. The lowest BCUT2D eigenvalue weighted by Crippen LogP contribution is -1.91. The molecule has 1 heterocycles. The molecule has 0 atom stereocenters. The molecule has 1 aromatic carbocycles. The average molecular weight is 303 g/mol. The van der Waals surface area contributed by atoms with E-state index in [0.29, 0.717) is 5.02 Å². The lowest BCUT2D eigenvalue weighted by molar-refractivity contribution is 0.427. The number of halogens is 3. The fraction of sp³-hybridized carbons (Fsp3) is 0. The van der Waals surface area contributed by atoms with Crippen molar-refractivity contribution in [3.63, 3.8) is 0 Å². The van der Waals surface area contributed by atoms with Gasteiger partial charge in [0.05, 0.1) is 0 Å². The first-order valence-corrected chi connectivity index (χ1v) is 5.57. The Hall–Kier alpha value is -1.13. The summed E-state index contributed by atoms with van der Waals surface area (Å²) < 4.78 is 19.3. The number of hydrogen-bond donors (Lipinski definition) is 0. The maximum Gasteiger partial charge on any atom is 0.238 e. The van der Waals surface area contributed by atoms with Crippen LogP contribution in [-0.2, 0) is 0 Å². The summed E-state index contributed by atoms with van der Waals surface area (Å²) in [5, 5.41) is 0.317. The Balaban J connectivity index is 2.31. The van der Waals surface area contributed by atoms with E-state index in [0.717, 1.165) is 4.47 Å². The van der Waals surface area contributed by atoms with E-state index in [9.17, 15) is 4.39 Å². The van der Waals surface area contributed by atoms with Gasteiger partial charge in [-0.25, -0.2) is 9.37 Å². The minimum atomic E-state index is -0.455. The van der Waals surface area contributed by atoms with Crippen LogP contribution in [0.2, 0.25) is 5.02 Å². The fourth-order valence-electron chi connectivity index (χ4n) is 1.11. The molecule has 0 fully saturated rings. The van der Waals surface area contributed by atoms with E-state index >= 15 is 0 Å². The van der Waals surface area contributed by atoms with Gasteiger partial charge in [-0.1, -0.05) is 23.7 Å². The van der Waals surface area contributed by atoms with E-state index in [-0.39, 0.29) is 11.6 Å². The maximum atomic E-state index is 13.3. The van der Waals surface area contributed by atoms with Crippen molar-refractivity contribution < 1.29 is 9.13 Å². The Morgan fingerprint density at radius 2 is 2.06 bits per heavy atom. The highest BCUT2D eigenvalue weighted by Gasteiger charge is 2.08. The highest BCUT2D eigenvalue weighted by atomic mass is 79.9. The number of para-hydroxylation sites is 1. The third-order valence-electron chi connectivity index (χ3n) is 1.82. The molecule has 0 spiro atoms. The average Bonchev–Trinajstić information content (AvgIpc) is 2.25. The third kappa shape index (κ3) is 2.51. The van der Waals surface area contributed by atoms with Crippen molar-refractivity contribution in [1.82, 2.24) is 4.98 Å². The summed E-state index contributed by atoms with van der Waals surface area (Å²) in [4.78, 5) is 3.95. The largest absolute Gasteiger partial charge is 0.434 e. The van der Waals surface area contributed by atoms with Crippen LogP contribution in [0.4, 0.5) is 4.39 Å². The van der Waals surface area contributed by atoms with Crippen molar-refractivity contribution in [2.75, 3.05) is 0 Å². The van der Waals surface area contributed by atoms with Crippen molar-refractivity contribution in [1.29, 1.82) is 0 Å². The van der Waals surface area contributed by atoms with Crippen LogP contribution in [0.15, 0.2) is 41.0 Å². The molecule has 0 unspecified atom stereocenters. The Labute approximate surface area is 105 Å². The van der Waals surface area contributed by atoms with Gasteiger partial charge in [-0.05, 0) is 34.1 Å². The van der Waals surface area contributed by atoms with Gasteiger partial charge in [0.1, 0.15) is 5.02 Å². The first-order chi connectivity index (χ1) is 7.66. The first-order valence-electron chi connectivity index (χ1n) is 4.40. The van der Waals surface area contributed by atoms with Crippen molar-refractivity contribution in [2.45, 2.75) is 0 Å². The number of aromatic nitrogens is 1. The van der Waals surface area contributed by atoms with E-state index < -0.39 is 5.82 Å². The topological polar surface area (TPSA) is 22.1 Å². The van der Waals surface area contributed by atoms with Crippen molar-refractivity contribution >= 4 is 27.5 Å². The van der Waals surface area contributed by atoms with E-state index in [2.05, 4.69) is 20.9 Å². The second kappa shape index (κ2) is 4.80. The minimum Gasteiger partial charge on any atom is -0.434 e. The molecule has 0 N–H and O–H groups in total. The van der Waals surface area contributed by atoms with Gasteiger partial charge in [0.15, 0.2) is 11.6 Å². The van der Waals surface area contributed by atoms with Gasteiger partial charge >= 0.3 is 0 Å². The smallest absolute Gasteiger partial charge is 0.238 e. The summed E-state index contributed by atoms with van der Waals surface area (Å²) in [5.41, 5.74) is 0. The monoisotopic (exact) mass is 301 g/mol. The number of nitrogens with zero attached hydrogens (tertiary/aromatic N) is 1. The zero-order valence-electron chi connectivity index (χ0n) is 7.95. The number of benzene rings is 1. The molecule has 2 rings (SSSR count). The molecule has 2 aromatic rings. The highest BCUT2D eigenvalue weighted by molar-refractivity contribution is 9.10. The van der Waals surface area contributed by atoms with Crippen LogP contribution in [0.1, 0.15) is 0 Å². The van der Waals surface area contributed by atoms with Gasteiger partial charge in [0.2, 0.25) is 5.88 Å². The normalized spacial score (nSPS) is 10.2. The molecule has 16 heavy (non-hydrogen) atoms. The fourth-order valence-corrected chi connectivity index (χ4v) is 1.78. The number of hydrogen-bond acceptors (Lipinski definition) is 2. The van der Waals surface area contributed by atoms with Crippen LogP contribution in [0.3, 0.4) is 0 Å². The second-order valence-electron chi connectivity index (χ2n) is 2.97. The second-order valence-corrected chi connectivity index (χ2v) is 4.30. The minimum absolute atomic E-state index is 0.0965. The lowest BCUT2D eigenvalue weighted by Gasteiger charge is -2.06. The summed E-state index contributed by atoms with van der Waals surface area (Å²) in [5.74, 6) is -0.183. The molecule has 0 amide bonds. The predicted octanol–water partition coefficient (Wildman–Crippen LogP) is 4.43. The van der Waals surface area contributed by atoms with Gasteiger partial charge in [0, 0.05) is 10.7 Å². The molecule has 0 radical (unpaired) electrons. The summed E-state index contributed by atoms with van der Waals surface area (Å²) in [6.07, 6.45) is 1.53. The molecule has 0 aliphatic carbocycles. The molecule has 2 nitrogen and oxygen atoms in total. The highest BCUT2D eigenvalue weighted by Crippen LogP contribution is 2.30. The molecule has 0 aliphatic rings. The lowest BCUT2D eigenvalue weighted by atomic mass is 10.3. The summed E-state index contributed by atoms with van der Waals surface area (Å²) in [6, 6.07) is 7.70. The number of ether oxygens (including phenoxy) is 1. The predicted molar refractivity (Wildman–Crippen MR) is 63.4 cm³/mol. The van der Waals surface area contributed by atoms with E-state index in [1.54, 1.807) is 18.2 Å². The molecular formula is C11H6BrClFNO. The van der Waals surface area contributed by atoms with E-state index in [4.69, 9.17) is 16.3 Å². The van der Waals surface area contributed by atoms with Gasteiger partial charge in [-0.15, -0.1) is 0 Å². The zero-order valence-corrected chi connectivity index (χ0v) is 10.3. The maximum absolute atomic E-state index is 13.3. The van der Waals surface area contributed by atoms with Crippen LogP contribution in [0.25, 0.3) is 0 Å². The molecule has 82 valence electrons. The van der Waals surface area contributed by atoms with Crippen molar-refractivity contribution in [2.24, 2.45) is 0 Å². The number of pyridine rings is 1. The van der Waals surface area contributed by atoms with E-state index in [1.807, 2.05) is 0 Å². The zero-order chi connectivity index (χ0) is 11.5. The molecule has 1 aromatic heterocycles. The quantitative estimate of drug-likeness (QED) is 0.819. The van der Waals surface area contributed by atoms with Crippen LogP contribution in [-0.4, -0.2) is 4.98 Å². The molecule has 5 heteroatoms. The van der Waals surface area contributed by atoms with Gasteiger partial charge in [-0.3, -0.25) is 0 Å². The number of rotatable bonds is 2. The Morgan fingerprint density at radius 1 is 1.31 bits per heavy atom. The molecule has 0 saturated carbocycles. The molecule has 0 bridgehead atoms.